The van der Waals surface area contributed by atoms with Crippen LogP contribution in [-0.2, 0) is 14.3 Å². The van der Waals surface area contributed by atoms with Gasteiger partial charge in [-0.25, -0.2) is 0 Å². The van der Waals surface area contributed by atoms with Crippen LogP contribution in [0.4, 0.5) is 0 Å². The van der Waals surface area contributed by atoms with Crippen molar-refractivity contribution in [2.45, 2.75) is 32.4 Å². The number of nitrogens with two attached hydrogens (primary N) is 1. The minimum Gasteiger partial charge on any atom is -0.481 e. The van der Waals surface area contributed by atoms with Crippen molar-refractivity contribution in [2.24, 2.45) is 17.6 Å². The molecule has 98 valence electrons. The van der Waals surface area contributed by atoms with E-state index in [0.717, 1.165) is 6.42 Å². The molecule has 1 heterocycles. The summed E-state index contributed by atoms with van der Waals surface area (Å²) in [6.07, 6.45) is 0.804. The molecule has 0 radical (unpaired) electrons. The van der Waals surface area contributed by atoms with E-state index in [4.69, 9.17) is 15.6 Å². The van der Waals surface area contributed by atoms with Gasteiger partial charge in [-0.3, -0.25) is 9.59 Å². The number of hydrogen-bond donors (Lipinski definition) is 3. The molecule has 0 aromatic rings. The number of carboxylic acid groups (broad SMARTS) is 1. The van der Waals surface area contributed by atoms with E-state index in [1.165, 1.54) is 0 Å². The highest BCUT2D eigenvalue weighted by atomic mass is 16.5. The van der Waals surface area contributed by atoms with E-state index in [2.05, 4.69) is 5.32 Å². The van der Waals surface area contributed by atoms with Gasteiger partial charge in [-0.15, -0.1) is 0 Å². The highest BCUT2D eigenvalue weighted by Crippen LogP contribution is 2.14. The van der Waals surface area contributed by atoms with Crippen LogP contribution in [0.25, 0.3) is 0 Å². The maximum atomic E-state index is 11.8. The van der Waals surface area contributed by atoms with E-state index in [-0.39, 0.29) is 25.0 Å². The van der Waals surface area contributed by atoms with Crippen LogP contribution < -0.4 is 11.1 Å². The van der Waals surface area contributed by atoms with Gasteiger partial charge in [0, 0.05) is 0 Å². The van der Waals surface area contributed by atoms with Gasteiger partial charge in [0.1, 0.15) is 5.92 Å². The fourth-order valence-corrected chi connectivity index (χ4v) is 1.73. The summed E-state index contributed by atoms with van der Waals surface area (Å²) in [4.78, 5) is 22.7. The third-order valence-corrected chi connectivity index (χ3v) is 3.29. The standard InChI is InChI=1S/C11H20N2O4/c1-3-6(2)9(12)10(14)13-8-5-17-4-7(8)11(15)16/h6-9H,3-5,12H2,1-2H3,(H,13,14)(H,15,16). The lowest BCUT2D eigenvalue weighted by Crippen LogP contribution is -2.51. The molecule has 1 rings (SSSR count). The van der Waals surface area contributed by atoms with Gasteiger partial charge in [-0.05, 0) is 5.92 Å². The van der Waals surface area contributed by atoms with Crippen LogP contribution in [0.5, 0.6) is 0 Å². The largest absolute Gasteiger partial charge is 0.481 e. The van der Waals surface area contributed by atoms with Gasteiger partial charge in [0.05, 0.1) is 25.3 Å². The Morgan fingerprint density at radius 3 is 2.71 bits per heavy atom. The first-order chi connectivity index (χ1) is 7.97. The first-order valence-electron chi connectivity index (χ1n) is 5.83. The number of carbonyl (C=O) groups is 2. The fraction of sp³-hybridized carbons (Fsp3) is 0.818. The SMILES string of the molecule is CCC(C)C(N)C(=O)NC1COCC1C(=O)O. The topological polar surface area (TPSA) is 102 Å². The third-order valence-electron chi connectivity index (χ3n) is 3.29. The number of hydrogen-bond acceptors (Lipinski definition) is 4. The molecule has 1 fully saturated rings. The molecule has 0 aromatic heterocycles. The molecule has 17 heavy (non-hydrogen) atoms. The molecule has 6 nitrogen and oxygen atoms in total. The predicted octanol–water partition coefficient (Wildman–Crippen LogP) is -0.424. The minimum absolute atomic E-state index is 0.0700. The monoisotopic (exact) mass is 244 g/mol. The minimum atomic E-state index is -0.954. The Labute approximate surface area is 101 Å². The lowest BCUT2D eigenvalue weighted by Gasteiger charge is -2.21. The van der Waals surface area contributed by atoms with E-state index in [0.29, 0.717) is 0 Å². The first kappa shape index (κ1) is 13.9. The van der Waals surface area contributed by atoms with Gasteiger partial charge in [0.2, 0.25) is 5.91 Å². The second-order valence-electron chi connectivity index (χ2n) is 4.51. The summed E-state index contributed by atoms with van der Waals surface area (Å²) in [5.41, 5.74) is 5.77. The predicted molar refractivity (Wildman–Crippen MR) is 61.3 cm³/mol. The summed E-state index contributed by atoms with van der Waals surface area (Å²) in [5.74, 6) is -1.87. The zero-order chi connectivity index (χ0) is 13.0. The van der Waals surface area contributed by atoms with Crippen molar-refractivity contribution in [1.82, 2.24) is 5.32 Å². The van der Waals surface area contributed by atoms with E-state index in [1.54, 1.807) is 0 Å². The van der Waals surface area contributed by atoms with Crippen molar-refractivity contribution >= 4 is 11.9 Å². The Balaban J connectivity index is 2.53. The number of rotatable bonds is 5. The molecule has 4 unspecified atom stereocenters. The summed E-state index contributed by atoms with van der Waals surface area (Å²) in [6, 6.07) is -1.08. The number of aliphatic carboxylic acids is 1. The average Bonchev–Trinajstić information content (AvgIpc) is 2.75. The number of ether oxygens (including phenoxy) is 1. The molecule has 4 N–H and O–H groups in total. The van der Waals surface area contributed by atoms with Crippen LogP contribution in [0.2, 0.25) is 0 Å². The van der Waals surface area contributed by atoms with Crippen molar-refractivity contribution in [1.29, 1.82) is 0 Å². The molecular weight excluding hydrogens is 224 g/mol. The normalized spacial score (nSPS) is 27.5. The van der Waals surface area contributed by atoms with Crippen molar-refractivity contribution in [3.63, 3.8) is 0 Å². The lowest BCUT2D eigenvalue weighted by atomic mass is 9.98. The van der Waals surface area contributed by atoms with Crippen LogP contribution in [-0.4, -0.2) is 42.3 Å². The molecule has 0 bridgehead atoms. The maximum Gasteiger partial charge on any atom is 0.311 e. The Kier molecular flexibility index (Phi) is 4.89. The summed E-state index contributed by atoms with van der Waals surface area (Å²) in [5, 5.41) is 11.6. The molecule has 0 aliphatic carbocycles. The van der Waals surface area contributed by atoms with Crippen molar-refractivity contribution in [2.75, 3.05) is 13.2 Å². The van der Waals surface area contributed by atoms with Gasteiger partial charge in [-0.2, -0.15) is 0 Å². The molecule has 6 heteroatoms. The van der Waals surface area contributed by atoms with Crippen molar-refractivity contribution in [3.05, 3.63) is 0 Å². The Morgan fingerprint density at radius 2 is 2.18 bits per heavy atom. The van der Waals surface area contributed by atoms with Gasteiger partial charge >= 0.3 is 5.97 Å². The maximum absolute atomic E-state index is 11.8. The van der Waals surface area contributed by atoms with Crippen LogP contribution in [0.1, 0.15) is 20.3 Å². The first-order valence-corrected chi connectivity index (χ1v) is 5.83. The van der Waals surface area contributed by atoms with E-state index < -0.39 is 24.0 Å². The number of carbonyl (C=O) groups excluding carboxylic acids is 1. The Hall–Kier alpha value is -1.14. The molecule has 1 saturated heterocycles. The number of amides is 1. The Bertz CT molecular complexity index is 295. The molecular formula is C11H20N2O4. The van der Waals surface area contributed by atoms with E-state index in [1.807, 2.05) is 13.8 Å². The van der Waals surface area contributed by atoms with Crippen LogP contribution in [0.3, 0.4) is 0 Å². The molecule has 0 spiro atoms. The summed E-state index contributed by atoms with van der Waals surface area (Å²) < 4.78 is 5.06. The molecule has 0 aromatic carbocycles. The highest BCUT2D eigenvalue weighted by Gasteiger charge is 2.36. The molecule has 1 aliphatic heterocycles. The number of carboxylic acids is 1. The van der Waals surface area contributed by atoms with Gasteiger partial charge in [0.25, 0.3) is 0 Å². The van der Waals surface area contributed by atoms with Gasteiger partial charge in [0.15, 0.2) is 0 Å². The zero-order valence-electron chi connectivity index (χ0n) is 10.2. The average molecular weight is 244 g/mol. The van der Waals surface area contributed by atoms with Crippen LogP contribution in [0.15, 0.2) is 0 Å². The lowest BCUT2D eigenvalue weighted by molar-refractivity contribution is -0.142. The molecule has 1 aliphatic rings. The summed E-state index contributed by atoms with van der Waals surface area (Å²) >= 11 is 0. The van der Waals surface area contributed by atoms with Crippen LogP contribution in [0, 0.1) is 11.8 Å². The van der Waals surface area contributed by atoms with E-state index in [9.17, 15) is 9.59 Å². The van der Waals surface area contributed by atoms with Gasteiger partial charge < -0.3 is 20.9 Å². The summed E-state index contributed by atoms with van der Waals surface area (Å²) in [7, 11) is 0. The van der Waals surface area contributed by atoms with Crippen molar-refractivity contribution in [3.8, 4) is 0 Å². The van der Waals surface area contributed by atoms with Gasteiger partial charge in [-0.1, -0.05) is 20.3 Å². The van der Waals surface area contributed by atoms with E-state index >= 15 is 0 Å². The summed E-state index contributed by atoms with van der Waals surface area (Å²) in [6.45, 7) is 4.22. The Morgan fingerprint density at radius 1 is 1.53 bits per heavy atom. The fourth-order valence-electron chi connectivity index (χ4n) is 1.73. The molecule has 4 atom stereocenters. The van der Waals surface area contributed by atoms with Crippen LogP contribution >= 0.6 is 0 Å². The number of nitrogens with one attached hydrogen (secondary N) is 1. The molecule has 1 amide bonds. The third kappa shape index (κ3) is 3.41. The highest BCUT2D eigenvalue weighted by molar-refractivity contribution is 5.83. The second kappa shape index (κ2) is 5.97. The second-order valence-corrected chi connectivity index (χ2v) is 4.51. The molecule has 0 saturated carbocycles. The zero-order valence-corrected chi connectivity index (χ0v) is 10.2. The quantitative estimate of drug-likeness (QED) is 0.609. The smallest absolute Gasteiger partial charge is 0.311 e. The van der Waals surface area contributed by atoms with Crippen molar-refractivity contribution < 1.29 is 19.4 Å².